The number of imide groups is 2. The molecular formula is C50H51N5O9S. The second kappa shape index (κ2) is 19.9. The molecule has 2 N–H and O–H groups in total. The van der Waals surface area contributed by atoms with Crippen molar-refractivity contribution >= 4 is 52.5 Å². The maximum absolute atomic E-state index is 13.6. The van der Waals surface area contributed by atoms with E-state index in [0.29, 0.717) is 60.9 Å². The van der Waals surface area contributed by atoms with Gasteiger partial charge in [-0.05, 0) is 98.3 Å². The van der Waals surface area contributed by atoms with E-state index >= 15 is 0 Å². The molecule has 4 heterocycles. The zero-order valence-electron chi connectivity index (χ0n) is 36.6. The average Bonchev–Trinajstić information content (AvgIpc) is 3.93. The van der Waals surface area contributed by atoms with E-state index in [-0.39, 0.29) is 48.2 Å². The van der Waals surface area contributed by atoms with Crippen LogP contribution < -0.4 is 24.8 Å². The number of fused-ring (bicyclic) bond motifs is 2. The molecule has 0 spiro atoms. The van der Waals surface area contributed by atoms with Gasteiger partial charge in [0.1, 0.15) is 18.4 Å². The van der Waals surface area contributed by atoms with Gasteiger partial charge in [0.25, 0.3) is 17.7 Å². The highest BCUT2D eigenvalue weighted by molar-refractivity contribution is 7.10. The van der Waals surface area contributed by atoms with E-state index in [4.69, 9.17) is 14.2 Å². The minimum Gasteiger partial charge on any atom is -0.493 e. The maximum Gasteiger partial charge on any atom is 0.263 e. The second-order valence-electron chi connectivity index (χ2n) is 16.4. The van der Waals surface area contributed by atoms with Gasteiger partial charge in [-0.2, -0.15) is 0 Å². The van der Waals surface area contributed by atoms with Crippen LogP contribution in [-0.4, -0.2) is 83.5 Å². The number of piperidine rings is 1. The van der Waals surface area contributed by atoms with E-state index in [1.807, 2.05) is 24.4 Å². The van der Waals surface area contributed by atoms with Crippen molar-refractivity contribution in [2.45, 2.75) is 77.7 Å². The summed E-state index contributed by atoms with van der Waals surface area (Å²) in [5.41, 5.74) is 6.50. The Morgan fingerprint density at radius 1 is 0.846 bits per heavy atom. The highest BCUT2D eigenvalue weighted by atomic mass is 32.1. The van der Waals surface area contributed by atoms with Crippen molar-refractivity contribution in [1.29, 1.82) is 0 Å². The van der Waals surface area contributed by atoms with E-state index in [0.717, 1.165) is 53.2 Å². The molecule has 1 aromatic heterocycles. The minimum atomic E-state index is -0.638. The van der Waals surface area contributed by atoms with Gasteiger partial charge in [-0.3, -0.25) is 39.0 Å². The Morgan fingerprint density at radius 3 is 2.32 bits per heavy atom. The maximum atomic E-state index is 13.6. The largest absolute Gasteiger partial charge is 0.493 e. The van der Waals surface area contributed by atoms with Crippen molar-refractivity contribution in [3.63, 3.8) is 0 Å². The molecule has 1 fully saturated rings. The van der Waals surface area contributed by atoms with Crippen LogP contribution in [0.5, 0.6) is 17.2 Å². The number of rotatable bonds is 19. The van der Waals surface area contributed by atoms with Crippen molar-refractivity contribution in [3.05, 3.63) is 140 Å². The molecule has 4 aromatic carbocycles. The Bertz CT molecular complexity index is 2630. The van der Waals surface area contributed by atoms with Gasteiger partial charge >= 0.3 is 0 Å². The fourth-order valence-electron chi connectivity index (χ4n) is 8.47. The first-order valence-electron chi connectivity index (χ1n) is 21.8. The quantitative estimate of drug-likeness (QED) is 0.0832. The molecule has 1 saturated heterocycles. The fraction of sp³-hybridized carbons (Fsp3) is 0.320. The number of hydrogen-bond acceptors (Lipinski definition) is 11. The summed E-state index contributed by atoms with van der Waals surface area (Å²) in [6.07, 6.45) is 3.03. The van der Waals surface area contributed by atoms with Gasteiger partial charge in [-0.1, -0.05) is 48.5 Å². The lowest BCUT2D eigenvalue weighted by Crippen LogP contribution is -2.52. The third kappa shape index (κ3) is 10.1. The molecule has 0 bridgehead atoms. The number of methoxy groups -OCH3 is 1. The van der Waals surface area contributed by atoms with E-state index in [1.54, 1.807) is 48.4 Å². The predicted molar refractivity (Wildman–Crippen MR) is 244 cm³/mol. The average molecular weight is 898 g/mol. The SMILES string of the molecule is CCOc1cc(CN2C(=O)c3cccc(NC(=O)CCCc4ccc(CCN(C)Cc5ccc(OCc6scc7c6CN(C6CCC(=O)NC6=O)C7=O)cc5)cc4)c3C2=O)ccc1OC. The van der Waals surface area contributed by atoms with Crippen LogP contribution in [0.2, 0.25) is 0 Å². The van der Waals surface area contributed by atoms with Gasteiger partial charge in [0.2, 0.25) is 17.7 Å². The van der Waals surface area contributed by atoms with Crippen molar-refractivity contribution in [1.82, 2.24) is 20.0 Å². The highest BCUT2D eigenvalue weighted by Crippen LogP contribution is 2.36. The monoisotopic (exact) mass is 897 g/mol. The summed E-state index contributed by atoms with van der Waals surface area (Å²) >= 11 is 1.48. The minimum absolute atomic E-state index is 0.0520. The summed E-state index contributed by atoms with van der Waals surface area (Å²) in [6.45, 7) is 4.63. The number of thiophene rings is 1. The number of aryl methyl sites for hydroxylation is 1. The Labute approximate surface area is 381 Å². The normalized spacial score (nSPS) is 15.6. The van der Waals surface area contributed by atoms with Crippen molar-refractivity contribution in [2.24, 2.45) is 0 Å². The molecule has 8 rings (SSSR count). The van der Waals surface area contributed by atoms with Gasteiger partial charge in [0.15, 0.2) is 11.5 Å². The van der Waals surface area contributed by atoms with Crippen LogP contribution in [0, 0.1) is 0 Å². The van der Waals surface area contributed by atoms with Crippen LogP contribution in [0.15, 0.2) is 90.3 Å². The number of nitrogens with one attached hydrogen (secondary N) is 2. The van der Waals surface area contributed by atoms with Crippen molar-refractivity contribution in [2.75, 3.05) is 32.6 Å². The summed E-state index contributed by atoms with van der Waals surface area (Å²) < 4.78 is 17.1. The lowest BCUT2D eigenvalue weighted by Gasteiger charge is -2.29. The highest BCUT2D eigenvalue weighted by Gasteiger charge is 2.41. The molecular weight excluding hydrogens is 847 g/mol. The third-order valence-corrected chi connectivity index (χ3v) is 13.0. The van der Waals surface area contributed by atoms with Gasteiger partial charge in [0, 0.05) is 48.3 Å². The molecule has 336 valence electrons. The van der Waals surface area contributed by atoms with Crippen LogP contribution in [-0.2, 0) is 53.5 Å². The van der Waals surface area contributed by atoms with E-state index in [2.05, 4.69) is 59.0 Å². The molecule has 15 heteroatoms. The van der Waals surface area contributed by atoms with Gasteiger partial charge in [-0.25, -0.2) is 0 Å². The molecule has 3 aliphatic heterocycles. The second-order valence-corrected chi connectivity index (χ2v) is 17.4. The number of carbonyl (C=O) groups is 6. The molecule has 1 unspecified atom stereocenters. The molecule has 5 aromatic rings. The summed E-state index contributed by atoms with van der Waals surface area (Å²) in [4.78, 5) is 83.0. The third-order valence-electron chi connectivity index (χ3n) is 11.9. The van der Waals surface area contributed by atoms with Crippen LogP contribution in [0.4, 0.5) is 5.69 Å². The summed E-state index contributed by atoms with van der Waals surface area (Å²) in [6, 6.07) is 26.1. The van der Waals surface area contributed by atoms with E-state index in [1.165, 1.54) is 21.8 Å². The zero-order valence-corrected chi connectivity index (χ0v) is 37.5. The van der Waals surface area contributed by atoms with Gasteiger partial charge < -0.3 is 29.3 Å². The Balaban J connectivity index is 0.749. The number of ether oxygens (including phenoxy) is 3. The number of carbonyl (C=O) groups excluding carboxylic acids is 6. The summed E-state index contributed by atoms with van der Waals surface area (Å²) in [7, 11) is 3.64. The summed E-state index contributed by atoms with van der Waals surface area (Å²) in [5.74, 6) is -0.181. The van der Waals surface area contributed by atoms with Crippen LogP contribution in [0.1, 0.15) is 96.4 Å². The predicted octanol–water partition coefficient (Wildman–Crippen LogP) is 6.93. The first-order valence-corrected chi connectivity index (χ1v) is 22.7. The lowest BCUT2D eigenvalue weighted by atomic mass is 10.0. The Morgan fingerprint density at radius 2 is 1.58 bits per heavy atom. The molecule has 0 radical (unpaired) electrons. The number of nitrogens with zero attached hydrogens (tertiary/aromatic N) is 3. The van der Waals surface area contributed by atoms with E-state index in [9.17, 15) is 28.8 Å². The zero-order chi connectivity index (χ0) is 45.6. The molecule has 1 atom stereocenters. The topological polar surface area (TPSA) is 164 Å². The fourth-order valence-corrected chi connectivity index (χ4v) is 9.41. The van der Waals surface area contributed by atoms with Crippen LogP contribution >= 0.6 is 11.3 Å². The Hall–Kier alpha value is -6.84. The standard InChI is InChI=1S/C50H51N5O9S/c1-4-63-42-25-34(17-21-41(42)62-3)27-55-48(59)36-8-6-9-39(46(36)50(55)61)51-44(56)10-5-7-31-11-13-32(14-12-31)23-24-53(2)26-33-15-18-35(19-16-33)64-29-43-37-28-54(49(60)38(37)30-65-43)40-20-22-45(57)52-47(40)58/h6,8-9,11-19,21,25,30,40H,4-5,7,10,20,22-24,26-29H2,1-3H3,(H,51,56)(H,52,57,58). The molecule has 0 saturated carbocycles. The molecule has 65 heavy (non-hydrogen) atoms. The number of anilines is 1. The first kappa shape index (κ1) is 44.8. The molecule has 6 amide bonds. The number of amides is 6. The Kier molecular flexibility index (Phi) is 13.7. The van der Waals surface area contributed by atoms with Gasteiger partial charge in [0.05, 0.1) is 42.6 Å². The number of likely N-dealkylation sites (N-methyl/N-ethyl adjacent to an activating group) is 1. The smallest absolute Gasteiger partial charge is 0.263 e. The van der Waals surface area contributed by atoms with Crippen LogP contribution in [0.25, 0.3) is 0 Å². The molecule has 3 aliphatic rings. The van der Waals surface area contributed by atoms with Gasteiger partial charge in [-0.15, -0.1) is 11.3 Å². The molecule has 14 nitrogen and oxygen atoms in total. The lowest BCUT2D eigenvalue weighted by molar-refractivity contribution is -0.137. The number of hydrogen-bond donors (Lipinski definition) is 2. The van der Waals surface area contributed by atoms with E-state index < -0.39 is 23.8 Å². The summed E-state index contributed by atoms with van der Waals surface area (Å²) in [5, 5.41) is 7.05. The number of benzene rings is 4. The molecule has 0 aliphatic carbocycles. The van der Waals surface area contributed by atoms with Crippen LogP contribution in [0.3, 0.4) is 0 Å². The van der Waals surface area contributed by atoms with Crippen molar-refractivity contribution < 1.29 is 43.0 Å². The van der Waals surface area contributed by atoms with Crippen molar-refractivity contribution in [3.8, 4) is 17.2 Å². The first-order chi connectivity index (χ1) is 31.5.